The fraction of sp³-hybridized carbons (Fsp3) is 0.609. The topological polar surface area (TPSA) is 108 Å². The Kier molecular flexibility index (Phi) is 6.47. The van der Waals surface area contributed by atoms with Crippen molar-refractivity contribution in [2.24, 2.45) is 11.8 Å². The van der Waals surface area contributed by atoms with Crippen LogP contribution in [-0.2, 0) is 19.1 Å². The van der Waals surface area contributed by atoms with Gasteiger partial charge in [0, 0.05) is 19.7 Å². The molecule has 3 N–H and O–H groups in total. The molecule has 4 rings (SSSR count). The molecule has 0 aliphatic carbocycles. The lowest BCUT2D eigenvalue weighted by Crippen LogP contribution is -2.53. The number of aliphatic hydroxyl groups is 1. The summed E-state index contributed by atoms with van der Waals surface area (Å²) in [6.45, 7) is 4.44. The van der Waals surface area contributed by atoms with E-state index in [0.717, 1.165) is 12.0 Å². The second-order valence-corrected chi connectivity index (χ2v) is 9.28. The van der Waals surface area contributed by atoms with Crippen LogP contribution in [0.1, 0.15) is 38.2 Å². The zero-order valence-corrected chi connectivity index (χ0v) is 19.2. The summed E-state index contributed by atoms with van der Waals surface area (Å²) in [5.74, 6) is -2.15. The fourth-order valence-corrected chi connectivity index (χ4v) is 5.85. The largest absolute Gasteiger partial charge is 0.396 e. The quantitative estimate of drug-likeness (QED) is 0.545. The number of aryl methyl sites for hydroxylation is 1. The van der Waals surface area contributed by atoms with E-state index in [4.69, 9.17) is 16.3 Å². The Morgan fingerprint density at radius 2 is 2.12 bits per heavy atom. The SMILES string of the molecule is CCCNC(=O)[C@@H]1[C@H]2C(=O)N(CCCO)C(C(=O)Nc3c(C)cccc3Cl)C23CC[C@H]1O3. The number of carbonyl (C=O) groups excluding carboxylic acids is 3. The van der Waals surface area contributed by atoms with Crippen molar-refractivity contribution in [3.05, 3.63) is 28.8 Å². The van der Waals surface area contributed by atoms with Crippen LogP contribution in [-0.4, -0.2) is 65.2 Å². The number of anilines is 1. The Morgan fingerprint density at radius 3 is 2.81 bits per heavy atom. The molecule has 3 amide bonds. The summed E-state index contributed by atoms with van der Waals surface area (Å²) in [7, 11) is 0. The summed E-state index contributed by atoms with van der Waals surface area (Å²) in [5, 5.41) is 15.6. The van der Waals surface area contributed by atoms with Gasteiger partial charge in [-0.1, -0.05) is 30.7 Å². The molecule has 9 heteroatoms. The molecular formula is C23H30ClN3O5. The van der Waals surface area contributed by atoms with Gasteiger partial charge in [-0.3, -0.25) is 14.4 Å². The lowest BCUT2D eigenvalue weighted by molar-refractivity contribution is -0.141. The Labute approximate surface area is 192 Å². The molecule has 2 unspecified atom stereocenters. The van der Waals surface area contributed by atoms with Gasteiger partial charge in [0.2, 0.25) is 17.7 Å². The van der Waals surface area contributed by atoms with Crippen LogP contribution < -0.4 is 10.6 Å². The number of ether oxygens (including phenoxy) is 1. The molecule has 8 nitrogen and oxygen atoms in total. The van der Waals surface area contributed by atoms with Gasteiger partial charge >= 0.3 is 0 Å². The number of nitrogens with one attached hydrogen (secondary N) is 2. The standard InChI is InChI=1S/C23H30ClN3O5/c1-3-10-25-20(29)16-15-8-9-23(32-15)17(16)22(31)27(11-5-12-28)19(23)21(30)26-18-13(2)6-4-7-14(18)24/h4,6-7,15-17,19,28H,3,5,8-12H2,1-2H3,(H,25,29)(H,26,30)/t15-,16+,17+,19?,23?/m1/s1. The molecule has 1 aromatic carbocycles. The highest BCUT2D eigenvalue weighted by Gasteiger charge is 2.74. The molecule has 2 bridgehead atoms. The van der Waals surface area contributed by atoms with E-state index in [1.165, 1.54) is 4.90 Å². The maximum absolute atomic E-state index is 13.6. The van der Waals surface area contributed by atoms with Crippen molar-refractivity contribution >= 4 is 35.0 Å². The molecule has 0 radical (unpaired) electrons. The van der Waals surface area contributed by atoms with Crippen LogP contribution in [0.25, 0.3) is 0 Å². The van der Waals surface area contributed by atoms with Crippen molar-refractivity contribution in [1.82, 2.24) is 10.2 Å². The van der Waals surface area contributed by atoms with Crippen LogP contribution in [0.2, 0.25) is 5.02 Å². The number of hydrogen-bond donors (Lipinski definition) is 3. The number of hydrogen-bond acceptors (Lipinski definition) is 5. The molecule has 0 saturated carbocycles. The van der Waals surface area contributed by atoms with E-state index in [1.807, 2.05) is 19.9 Å². The maximum Gasteiger partial charge on any atom is 0.250 e. The van der Waals surface area contributed by atoms with Crippen molar-refractivity contribution in [2.45, 2.75) is 57.3 Å². The van der Waals surface area contributed by atoms with Gasteiger partial charge in [0.15, 0.2) is 0 Å². The molecule has 3 saturated heterocycles. The zero-order chi connectivity index (χ0) is 23.0. The predicted molar refractivity (Wildman–Crippen MR) is 119 cm³/mol. The van der Waals surface area contributed by atoms with Crippen LogP contribution in [0.5, 0.6) is 0 Å². The number of rotatable bonds is 8. The van der Waals surface area contributed by atoms with Gasteiger partial charge in [0.25, 0.3) is 0 Å². The van der Waals surface area contributed by atoms with E-state index in [-0.39, 0.29) is 37.0 Å². The highest BCUT2D eigenvalue weighted by molar-refractivity contribution is 6.34. The predicted octanol–water partition coefficient (Wildman–Crippen LogP) is 1.87. The van der Waals surface area contributed by atoms with Crippen molar-refractivity contribution in [3.63, 3.8) is 0 Å². The van der Waals surface area contributed by atoms with Gasteiger partial charge in [0.1, 0.15) is 11.6 Å². The van der Waals surface area contributed by atoms with E-state index in [2.05, 4.69) is 10.6 Å². The molecule has 3 aliphatic rings. The number of benzene rings is 1. The number of likely N-dealkylation sites (tertiary alicyclic amines) is 1. The highest BCUT2D eigenvalue weighted by Crippen LogP contribution is 2.58. The van der Waals surface area contributed by atoms with Crippen LogP contribution >= 0.6 is 11.6 Å². The van der Waals surface area contributed by atoms with E-state index in [0.29, 0.717) is 36.5 Å². The molecule has 0 aromatic heterocycles. The van der Waals surface area contributed by atoms with Gasteiger partial charge in [-0.15, -0.1) is 0 Å². The van der Waals surface area contributed by atoms with E-state index in [1.54, 1.807) is 12.1 Å². The van der Waals surface area contributed by atoms with Gasteiger partial charge in [0.05, 0.1) is 28.6 Å². The van der Waals surface area contributed by atoms with Crippen molar-refractivity contribution in [3.8, 4) is 0 Å². The number of fused-ring (bicyclic) bond motifs is 1. The number of amides is 3. The second-order valence-electron chi connectivity index (χ2n) is 8.88. The minimum absolute atomic E-state index is 0.108. The number of aliphatic hydroxyl groups excluding tert-OH is 1. The fourth-order valence-electron chi connectivity index (χ4n) is 5.58. The Morgan fingerprint density at radius 1 is 1.34 bits per heavy atom. The average molecular weight is 464 g/mol. The number of carbonyl (C=O) groups is 3. The van der Waals surface area contributed by atoms with Crippen LogP contribution in [0.3, 0.4) is 0 Å². The van der Waals surface area contributed by atoms with Gasteiger partial charge in [-0.25, -0.2) is 0 Å². The van der Waals surface area contributed by atoms with E-state index < -0.39 is 23.5 Å². The molecule has 3 aliphatic heterocycles. The third-order valence-corrected chi connectivity index (χ3v) is 7.24. The summed E-state index contributed by atoms with van der Waals surface area (Å²) in [4.78, 5) is 41.6. The van der Waals surface area contributed by atoms with Crippen LogP contribution in [0.15, 0.2) is 18.2 Å². The lowest BCUT2D eigenvalue weighted by Gasteiger charge is -2.33. The highest BCUT2D eigenvalue weighted by atomic mass is 35.5. The monoisotopic (exact) mass is 463 g/mol. The van der Waals surface area contributed by atoms with Crippen LogP contribution in [0, 0.1) is 18.8 Å². The number of halogens is 1. The molecule has 1 aromatic rings. The number of nitrogens with zero attached hydrogens (tertiary/aromatic N) is 1. The maximum atomic E-state index is 13.6. The molecule has 1 spiro atoms. The minimum atomic E-state index is -1.05. The first-order valence-corrected chi connectivity index (χ1v) is 11.7. The molecule has 3 heterocycles. The Balaban J connectivity index is 1.68. The van der Waals surface area contributed by atoms with Crippen molar-refractivity contribution in [1.29, 1.82) is 0 Å². The van der Waals surface area contributed by atoms with Gasteiger partial charge in [-0.2, -0.15) is 0 Å². The Bertz CT molecular complexity index is 905. The average Bonchev–Trinajstić information content (AvgIpc) is 3.40. The second kappa shape index (κ2) is 9.00. The first-order chi connectivity index (χ1) is 15.4. The van der Waals surface area contributed by atoms with Crippen LogP contribution in [0.4, 0.5) is 5.69 Å². The molecule has 3 fully saturated rings. The van der Waals surface area contributed by atoms with Crippen molar-refractivity contribution in [2.75, 3.05) is 25.0 Å². The summed E-state index contributed by atoms with van der Waals surface area (Å²) >= 11 is 6.32. The third-order valence-electron chi connectivity index (χ3n) is 6.93. The third kappa shape index (κ3) is 3.58. The van der Waals surface area contributed by atoms with Gasteiger partial charge < -0.3 is 25.4 Å². The summed E-state index contributed by atoms with van der Waals surface area (Å²) < 4.78 is 6.33. The lowest BCUT2D eigenvalue weighted by atomic mass is 9.70. The molecule has 5 atom stereocenters. The molecular weight excluding hydrogens is 434 g/mol. The number of para-hydroxylation sites is 1. The minimum Gasteiger partial charge on any atom is -0.396 e. The first kappa shape index (κ1) is 23.0. The van der Waals surface area contributed by atoms with E-state index in [9.17, 15) is 19.5 Å². The summed E-state index contributed by atoms with van der Waals surface area (Å²) in [5.41, 5.74) is 0.253. The summed E-state index contributed by atoms with van der Waals surface area (Å²) in [6, 6.07) is 4.45. The first-order valence-electron chi connectivity index (χ1n) is 11.3. The zero-order valence-electron chi connectivity index (χ0n) is 18.4. The summed E-state index contributed by atoms with van der Waals surface area (Å²) in [6.07, 6.45) is 1.90. The molecule has 32 heavy (non-hydrogen) atoms. The van der Waals surface area contributed by atoms with Gasteiger partial charge in [-0.05, 0) is 44.2 Å². The normalized spacial score (nSPS) is 30.5. The van der Waals surface area contributed by atoms with E-state index >= 15 is 0 Å². The smallest absolute Gasteiger partial charge is 0.250 e. The van der Waals surface area contributed by atoms with Crippen molar-refractivity contribution < 1.29 is 24.2 Å². The molecule has 174 valence electrons. The Hall–Kier alpha value is -2.16.